The first-order valence-electron chi connectivity index (χ1n) is 6.94. The Bertz CT molecular complexity index is 573. The highest BCUT2D eigenvalue weighted by atomic mass is 35.5. The minimum absolute atomic E-state index is 0.546. The van der Waals surface area contributed by atoms with Gasteiger partial charge in [0.05, 0.1) is 24.9 Å². The second kappa shape index (κ2) is 7.79. The summed E-state index contributed by atoms with van der Waals surface area (Å²) in [6, 6.07) is 14.1. The van der Waals surface area contributed by atoms with E-state index >= 15 is 0 Å². The Labute approximate surface area is 130 Å². The van der Waals surface area contributed by atoms with Crippen LogP contribution < -0.4 is 14.8 Å². The molecule has 0 atom stereocenters. The van der Waals surface area contributed by atoms with Crippen molar-refractivity contribution in [2.24, 2.45) is 0 Å². The number of anilines is 1. The molecule has 4 heteroatoms. The maximum absolute atomic E-state index is 6.09. The Kier molecular flexibility index (Phi) is 5.76. The maximum atomic E-state index is 6.09. The standard InChI is InChI=1S/C17H20ClNO2/c1-20-16-12-15(17(21-2)11-14(16)18)19-10-6-9-13-7-4-3-5-8-13/h3-5,7-8,11-12,19H,6,9-10H2,1-2H3. The van der Waals surface area contributed by atoms with Gasteiger partial charge in [-0.05, 0) is 18.4 Å². The molecule has 0 aliphatic carbocycles. The molecule has 1 N–H and O–H groups in total. The number of hydrogen-bond donors (Lipinski definition) is 1. The molecule has 0 unspecified atom stereocenters. The normalized spacial score (nSPS) is 10.2. The molecule has 3 nitrogen and oxygen atoms in total. The smallest absolute Gasteiger partial charge is 0.143 e. The zero-order valence-electron chi connectivity index (χ0n) is 12.4. The fourth-order valence-corrected chi connectivity index (χ4v) is 2.39. The molecule has 0 aliphatic heterocycles. The average Bonchev–Trinajstić information content (AvgIpc) is 2.53. The van der Waals surface area contributed by atoms with Crippen molar-refractivity contribution in [2.45, 2.75) is 12.8 Å². The number of hydrogen-bond acceptors (Lipinski definition) is 3. The molecule has 0 spiro atoms. The van der Waals surface area contributed by atoms with Crippen LogP contribution in [0.25, 0.3) is 0 Å². The van der Waals surface area contributed by atoms with Gasteiger partial charge in [-0.15, -0.1) is 0 Å². The second-order valence-electron chi connectivity index (χ2n) is 4.70. The molecule has 0 heterocycles. The van der Waals surface area contributed by atoms with E-state index in [-0.39, 0.29) is 0 Å². The van der Waals surface area contributed by atoms with Gasteiger partial charge in [0.25, 0.3) is 0 Å². The van der Waals surface area contributed by atoms with E-state index in [2.05, 4.69) is 29.6 Å². The Morgan fingerprint density at radius 1 is 1.00 bits per heavy atom. The monoisotopic (exact) mass is 305 g/mol. The van der Waals surface area contributed by atoms with Gasteiger partial charge in [-0.3, -0.25) is 0 Å². The molecule has 0 radical (unpaired) electrons. The Balaban J connectivity index is 1.93. The van der Waals surface area contributed by atoms with Crippen molar-refractivity contribution in [2.75, 3.05) is 26.1 Å². The van der Waals surface area contributed by atoms with E-state index in [1.54, 1.807) is 20.3 Å². The molecule has 2 rings (SSSR count). The summed E-state index contributed by atoms with van der Waals surface area (Å²) in [7, 11) is 3.24. The molecule has 2 aromatic carbocycles. The van der Waals surface area contributed by atoms with Gasteiger partial charge in [-0.2, -0.15) is 0 Å². The molecular formula is C17H20ClNO2. The Morgan fingerprint density at radius 3 is 2.38 bits per heavy atom. The maximum Gasteiger partial charge on any atom is 0.143 e. The van der Waals surface area contributed by atoms with Crippen molar-refractivity contribution in [3.8, 4) is 11.5 Å². The third kappa shape index (κ3) is 4.30. The average molecular weight is 306 g/mol. The zero-order chi connectivity index (χ0) is 15.1. The van der Waals surface area contributed by atoms with E-state index in [1.165, 1.54) is 5.56 Å². The summed E-state index contributed by atoms with van der Waals surface area (Å²) in [6.07, 6.45) is 2.08. The van der Waals surface area contributed by atoms with Crippen molar-refractivity contribution in [1.82, 2.24) is 0 Å². The molecule has 0 saturated carbocycles. The lowest BCUT2D eigenvalue weighted by Gasteiger charge is -2.14. The lowest BCUT2D eigenvalue weighted by molar-refractivity contribution is 0.404. The van der Waals surface area contributed by atoms with Crippen LogP contribution in [0.15, 0.2) is 42.5 Å². The largest absolute Gasteiger partial charge is 0.495 e. The Hall–Kier alpha value is -1.87. The fourth-order valence-electron chi connectivity index (χ4n) is 2.16. The van der Waals surface area contributed by atoms with Crippen LogP contribution in [-0.4, -0.2) is 20.8 Å². The number of aryl methyl sites for hydroxylation is 1. The van der Waals surface area contributed by atoms with Crippen LogP contribution in [0.3, 0.4) is 0 Å². The Morgan fingerprint density at radius 2 is 1.71 bits per heavy atom. The quantitative estimate of drug-likeness (QED) is 0.769. The van der Waals surface area contributed by atoms with Gasteiger partial charge in [0, 0.05) is 18.7 Å². The van der Waals surface area contributed by atoms with E-state index in [1.807, 2.05) is 12.1 Å². The van der Waals surface area contributed by atoms with Gasteiger partial charge in [0.15, 0.2) is 0 Å². The van der Waals surface area contributed by atoms with Crippen LogP contribution in [0.5, 0.6) is 11.5 Å². The number of ether oxygens (including phenoxy) is 2. The summed E-state index contributed by atoms with van der Waals surface area (Å²) in [4.78, 5) is 0. The number of nitrogens with one attached hydrogen (secondary N) is 1. The van der Waals surface area contributed by atoms with E-state index in [9.17, 15) is 0 Å². The first kappa shape index (κ1) is 15.5. The molecule has 0 aromatic heterocycles. The molecule has 21 heavy (non-hydrogen) atoms. The first-order valence-corrected chi connectivity index (χ1v) is 7.31. The number of benzene rings is 2. The summed E-state index contributed by atoms with van der Waals surface area (Å²) in [5.74, 6) is 1.36. The van der Waals surface area contributed by atoms with E-state index in [0.717, 1.165) is 30.8 Å². The van der Waals surface area contributed by atoms with Crippen LogP contribution in [0, 0.1) is 0 Å². The van der Waals surface area contributed by atoms with Gasteiger partial charge in [0.1, 0.15) is 11.5 Å². The summed E-state index contributed by atoms with van der Waals surface area (Å²) in [6.45, 7) is 0.857. The predicted molar refractivity (Wildman–Crippen MR) is 87.8 cm³/mol. The molecule has 2 aromatic rings. The van der Waals surface area contributed by atoms with Crippen molar-refractivity contribution >= 4 is 17.3 Å². The number of methoxy groups -OCH3 is 2. The fraction of sp³-hybridized carbons (Fsp3) is 0.294. The van der Waals surface area contributed by atoms with Crippen LogP contribution >= 0.6 is 11.6 Å². The third-order valence-corrected chi connectivity index (χ3v) is 3.57. The third-order valence-electron chi connectivity index (χ3n) is 3.27. The van der Waals surface area contributed by atoms with Crippen LogP contribution in [0.2, 0.25) is 5.02 Å². The molecule has 0 fully saturated rings. The van der Waals surface area contributed by atoms with Crippen molar-refractivity contribution in [3.05, 3.63) is 53.1 Å². The molecular weight excluding hydrogens is 286 g/mol. The summed E-state index contributed by atoms with van der Waals surface area (Å²) >= 11 is 6.09. The van der Waals surface area contributed by atoms with Crippen molar-refractivity contribution in [3.63, 3.8) is 0 Å². The van der Waals surface area contributed by atoms with E-state index < -0.39 is 0 Å². The van der Waals surface area contributed by atoms with Gasteiger partial charge in [-0.1, -0.05) is 41.9 Å². The topological polar surface area (TPSA) is 30.5 Å². The van der Waals surface area contributed by atoms with Gasteiger partial charge < -0.3 is 14.8 Å². The van der Waals surface area contributed by atoms with Crippen LogP contribution in [0.1, 0.15) is 12.0 Å². The first-order chi connectivity index (χ1) is 10.2. The summed E-state index contributed by atoms with van der Waals surface area (Å²) in [5, 5.41) is 3.92. The van der Waals surface area contributed by atoms with Crippen LogP contribution in [0.4, 0.5) is 5.69 Å². The lowest BCUT2D eigenvalue weighted by Crippen LogP contribution is -2.05. The van der Waals surface area contributed by atoms with E-state index in [0.29, 0.717) is 10.8 Å². The minimum atomic E-state index is 0.546. The second-order valence-corrected chi connectivity index (χ2v) is 5.11. The highest BCUT2D eigenvalue weighted by molar-refractivity contribution is 6.32. The molecule has 0 saturated heterocycles. The summed E-state index contributed by atoms with van der Waals surface area (Å²) < 4.78 is 10.6. The van der Waals surface area contributed by atoms with Crippen LogP contribution in [-0.2, 0) is 6.42 Å². The van der Waals surface area contributed by atoms with Crippen molar-refractivity contribution in [1.29, 1.82) is 0 Å². The summed E-state index contributed by atoms with van der Waals surface area (Å²) in [5.41, 5.74) is 2.24. The number of halogens is 1. The minimum Gasteiger partial charge on any atom is -0.495 e. The SMILES string of the molecule is COc1cc(NCCCc2ccccc2)c(OC)cc1Cl. The zero-order valence-corrected chi connectivity index (χ0v) is 13.1. The molecule has 0 aliphatic rings. The van der Waals surface area contributed by atoms with Gasteiger partial charge >= 0.3 is 0 Å². The van der Waals surface area contributed by atoms with Gasteiger partial charge in [0.2, 0.25) is 0 Å². The number of rotatable bonds is 7. The van der Waals surface area contributed by atoms with Crippen molar-refractivity contribution < 1.29 is 9.47 Å². The van der Waals surface area contributed by atoms with E-state index in [4.69, 9.17) is 21.1 Å². The molecule has 112 valence electrons. The molecule has 0 bridgehead atoms. The highest BCUT2D eigenvalue weighted by Gasteiger charge is 2.09. The van der Waals surface area contributed by atoms with Gasteiger partial charge in [-0.25, -0.2) is 0 Å². The predicted octanol–water partition coefficient (Wildman–Crippen LogP) is 4.40. The molecule has 0 amide bonds. The highest BCUT2D eigenvalue weighted by Crippen LogP contribution is 2.35. The lowest BCUT2D eigenvalue weighted by atomic mass is 10.1.